The Bertz CT molecular complexity index is 159. The molecule has 1 fully saturated rings. The highest BCUT2D eigenvalue weighted by Crippen LogP contribution is 2.33. The summed E-state index contributed by atoms with van der Waals surface area (Å²) in [5.41, 5.74) is 3.78. The molecule has 0 aromatic rings. The highest BCUT2D eigenvalue weighted by atomic mass is 16.3. The van der Waals surface area contributed by atoms with Crippen LogP contribution in [-0.2, 0) is 4.79 Å². The zero-order valence-electron chi connectivity index (χ0n) is 6.84. The first kappa shape index (κ1) is 8.53. The molecule has 1 aliphatic rings. The van der Waals surface area contributed by atoms with Crippen molar-refractivity contribution in [2.24, 2.45) is 11.7 Å². The van der Waals surface area contributed by atoms with Crippen molar-refractivity contribution in [3.8, 4) is 0 Å². The predicted octanol–water partition coefficient (Wildman–Crippen LogP) is 0.413. The van der Waals surface area contributed by atoms with E-state index in [4.69, 9.17) is 5.73 Å². The Morgan fingerprint density at radius 1 is 1.55 bits per heavy atom. The molecule has 1 rings (SSSR count). The average molecular weight is 157 g/mol. The van der Waals surface area contributed by atoms with Gasteiger partial charge in [0.2, 0.25) is 5.91 Å². The van der Waals surface area contributed by atoms with Crippen molar-refractivity contribution in [1.29, 1.82) is 0 Å². The molecule has 1 saturated carbocycles. The minimum Gasteiger partial charge on any atom is -0.380 e. The van der Waals surface area contributed by atoms with E-state index in [1.807, 2.05) is 0 Å². The molecule has 1 unspecified atom stereocenters. The SMILES string of the molecule is CC(O)(C(N)=O)C1CCCC1. The number of nitrogens with two attached hydrogens (primary N) is 1. The topological polar surface area (TPSA) is 63.3 Å². The third-order valence-electron chi connectivity index (χ3n) is 2.65. The van der Waals surface area contributed by atoms with E-state index in [9.17, 15) is 9.90 Å². The fourth-order valence-corrected chi connectivity index (χ4v) is 1.69. The number of hydrogen-bond acceptors (Lipinski definition) is 2. The van der Waals surface area contributed by atoms with Crippen LogP contribution in [0, 0.1) is 5.92 Å². The molecular weight excluding hydrogens is 142 g/mol. The Morgan fingerprint density at radius 3 is 2.36 bits per heavy atom. The summed E-state index contributed by atoms with van der Waals surface area (Å²) in [6.07, 6.45) is 4.06. The molecule has 11 heavy (non-hydrogen) atoms. The van der Waals surface area contributed by atoms with Crippen LogP contribution in [0.25, 0.3) is 0 Å². The number of hydrogen-bond donors (Lipinski definition) is 2. The van der Waals surface area contributed by atoms with Crippen molar-refractivity contribution >= 4 is 5.91 Å². The van der Waals surface area contributed by atoms with Crippen molar-refractivity contribution in [2.75, 3.05) is 0 Å². The highest BCUT2D eigenvalue weighted by Gasteiger charge is 2.38. The third-order valence-corrected chi connectivity index (χ3v) is 2.65. The van der Waals surface area contributed by atoms with Gasteiger partial charge in [0.25, 0.3) is 0 Å². The molecule has 3 heteroatoms. The van der Waals surface area contributed by atoms with Gasteiger partial charge in [-0.15, -0.1) is 0 Å². The minimum absolute atomic E-state index is 0.0833. The third kappa shape index (κ3) is 1.53. The van der Waals surface area contributed by atoms with Gasteiger partial charge in [0.05, 0.1) is 0 Å². The Hall–Kier alpha value is -0.570. The fourth-order valence-electron chi connectivity index (χ4n) is 1.69. The molecule has 0 aromatic carbocycles. The molecule has 64 valence electrons. The summed E-state index contributed by atoms with van der Waals surface area (Å²) in [6.45, 7) is 1.52. The van der Waals surface area contributed by atoms with Crippen LogP contribution in [0.4, 0.5) is 0 Å². The van der Waals surface area contributed by atoms with Crippen LogP contribution in [0.5, 0.6) is 0 Å². The quantitative estimate of drug-likeness (QED) is 0.610. The maximum Gasteiger partial charge on any atom is 0.249 e. The van der Waals surface area contributed by atoms with Crippen LogP contribution in [-0.4, -0.2) is 16.6 Å². The van der Waals surface area contributed by atoms with Crippen molar-refractivity contribution in [2.45, 2.75) is 38.2 Å². The lowest BCUT2D eigenvalue weighted by Gasteiger charge is -2.25. The monoisotopic (exact) mass is 157 g/mol. The van der Waals surface area contributed by atoms with E-state index in [2.05, 4.69) is 0 Å². The first-order valence-corrected chi connectivity index (χ1v) is 4.07. The van der Waals surface area contributed by atoms with Crippen LogP contribution in [0.1, 0.15) is 32.6 Å². The lowest BCUT2D eigenvalue weighted by molar-refractivity contribution is -0.139. The number of aliphatic hydroxyl groups is 1. The van der Waals surface area contributed by atoms with Gasteiger partial charge < -0.3 is 10.8 Å². The summed E-state index contributed by atoms with van der Waals surface area (Å²) < 4.78 is 0. The molecule has 1 aliphatic carbocycles. The number of carbonyl (C=O) groups is 1. The molecule has 3 N–H and O–H groups in total. The Morgan fingerprint density at radius 2 is 2.00 bits per heavy atom. The Labute approximate surface area is 66.6 Å². The second kappa shape index (κ2) is 2.81. The standard InChI is InChI=1S/C8H15NO2/c1-8(11,7(9)10)6-4-2-3-5-6/h6,11H,2-5H2,1H3,(H2,9,10). The van der Waals surface area contributed by atoms with Crippen LogP contribution >= 0.6 is 0 Å². The van der Waals surface area contributed by atoms with E-state index in [1.54, 1.807) is 0 Å². The average Bonchev–Trinajstić information content (AvgIpc) is 2.37. The lowest BCUT2D eigenvalue weighted by atomic mass is 9.87. The molecular formula is C8H15NO2. The number of primary amides is 1. The van der Waals surface area contributed by atoms with E-state index in [1.165, 1.54) is 6.92 Å². The van der Waals surface area contributed by atoms with Crippen LogP contribution in [0.15, 0.2) is 0 Å². The van der Waals surface area contributed by atoms with E-state index in [-0.39, 0.29) is 5.92 Å². The summed E-state index contributed by atoms with van der Waals surface area (Å²) in [5, 5.41) is 9.62. The molecule has 0 radical (unpaired) electrons. The fraction of sp³-hybridized carbons (Fsp3) is 0.875. The maximum atomic E-state index is 10.8. The maximum absolute atomic E-state index is 10.8. The lowest BCUT2D eigenvalue weighted by Crippen LogP contribution is -2.46. The van der Waals surface area contributed by atoms with Gasteiger partial charge in [-0.25, -0.2) is 0 Å². The summed E-state index contributed by atoms with van der Waals surface area (Å²) in [5.74, 6) is -0.510. The normalized spacial score (nSPS) is 24.9. The first-order valence-electron chi connectivity index (χ1n) is 4.07. The Kier molecular flexibility index (Phi) is 2.18. The number of rotatable bonds is 2. The number of carbonyl (C=O) groups excluding carboxylic acids is 1. The van der Waals surface area contributed by atoms with Gasteiger partial charge in [-0.05, 0) is 25.7 Å². The smallest absolute Gasteiger partial charge is 0.249 e. The molecule has 1 amide bonds. The first-order chi connectivity index (χ1) is 5.05. The van der Waals surface area contributed by atoms with Crippen LogP contribution in [0.2, 0.25) is 0 Å². The molecule has 0 bridgehead atoms. The summed E-state index contributed by atoms with van der Waals surface area (Å²) in [7, 11) is 0. The number of amides is 1. The molecule has 3 nitrogen and oxygen atoms in total. The molecule has 0 spiro atoms. The largest absolute Gasteiger partial charge is 0.380 e. The van der Waals surface area contributed by atoms with Gasteiger partial charge in [-0.2, -0.15) is 0 Å². The second-order valence-corrected chi connectivity index (χ2v) is 3.49. The van der Waals surface area contributed by atoms with Gasteiger partial charge in [0.1, 0.15) is 5.60 Å². The van der Waals surface area contributed by atoms with Gasteiger partial charge in [0.15, 0.2) is 0 Å². The highest BCUT2D eigenvalue weighted by molar-refractivity contribution is 5.83. The second-order valence-electron chi connectivity index (χ2n) is 3.49. The van der Waals surface area contributed by atoms with Gasteiger partial charge in [-0.1, -0.05) is 12.8 Å². The molecule has 0 aromatic heterocycles. The van der Waals surface area contributed by atoms with Crippen LogP contribution < -0.4 is 5.73 Å². The zero-order chi connectivity index (χ0) is 8.48. The molecule has 0 saturated heterocycles. The van der Waals surface area contributed by atoms with E-state index in [0.29, 0.717) is 0 Å². The molecule has 1 atom stereocenters. The van der Waals surface area contributed by atoms with Crippen molar-refractivity contribution in [1.82, 2.24) is 0 Å². The Balaban J connectivity index is 2.62. The van der Waals surface area contributed by atoms with Gasteiger partial charge in [0, 0.05) is 0 Å². The molecule has 0 aliphatic heterocycles. The van der Waals surface area contributed by atoms with E-state index < -0.39 is 11.5 Å². The van der Waals surface area contributed by atoms with Crippen molar-refractivity contribution in [3.05, 3.63) is 0 Å². The minimum atomic E-state index is -1.28. The zero-order valence-corrected chi connectivity index (χ0v) is 6.84. The van der Waals surface area contributed by atoms with Gasteiger partial charge >= 0.3 is 0 Å². The van der Waals surface area contributed by atoms with Crippen molar-refractivity contribution < 1.29 is 9.90 Å². The van der Waals surface area contributed by atoms with Crippen LogP contribution in [0.3, 0.4) is 0 Å². The van der Waals surface area contributed by atoms with E-state index in [0.717, 1.165) is 25.7 Å². The summed E-state index contributed by atoms with van der Waals surface area (Å²) in [4.78, 5) is 10.8. The predicted molar refractivity (Wildman–Crippen MR) is 41.8 cm³/mol. The summed E-state index contributed by atoms with van der Waals surface area (Å²) in [6, 6.07) is 0. The molecule has 0 heterocycles. The van der Waals surface area contributed by atoms with Gasteiger partial charge in [-0.3, -0.25) is 4.79 Å². The summed E-state index contributed by atoms with van der Waals surface area (Å²) >= 11 is 0. The van der Waals surface area contributed by atoms with Crippen molar-refractivity contribution in [3.63, 3.8) is 0 Å². The van der Waals surface area contributed by atoms with E-state index >= 15 is 0 Å².